The van der Waals surface area contributed by atoms with Crippen LogP contribution in [0.2, 0.25) is 0 Å². The Bertz CT molecular complexity index is 539. The van der Waals surface area contributed by atoms with Gasteiger partial charge in [0.15, 0.2) is 0 Å². The lowest BCUT2D eigenvalue weighted by Gasteiger charge is -2.11. The van der Waals surface area contributed by atoms with E-state index in [1.165, 1.54) is 11.3 Å². The van der Waals surface area contributed by atoms with E-state index in [9.17, 15) is 0 Å². The Morgan fingerprint density at radius 3 is 1.74 bits per heavy atom. The normalized spacial score (nSPS) is 10.7. The van der Waals surface area contributed by atoms with Gasteiger partial charge in [0.05, 0.1) is 0 Å². The minimum atomic E-state index is 0.910. The first-order valence-electron chi connectivity index (χ1n) is 6.21. The van der Waals surface area contributed by atoms with Crippen LogP contribution in [0.3, 0.4) is 0 Å². The molecular weight excluding hydrogens is 234 g/mol. The number of nitrogen functional groups attached to an aromatic ring is 1. The van der Waals surface area contributed by atoms with Gasteiger partial charge in [-0.15, -0.1) is 0 Å². The standard InChI is InChI=1S/C16H19N3/c1-19(2)16-11-7-14(8-12-16)4-3-13-5-9-15(18-17)10-6-13/h3-12,18H,17H2,1-2H3/b4-3+. The zero-order valence-corrected chi connectivity index (χ0v) is 11.3. The van der Waals surface area contributed by atoms with Crippen molar-refractivity contribution in [1.29, 1.82) is 0 Å². The maximum absolute atomic E-state index is 5.33. The molecule has 2 aromatic rings. The molecule has 3 N–H and O–H groups in total. The summed E-state index contributed by atoms with van der Waals surface area (Å²) in [4.78, 5) is 2.09. The molecule has 0 fully saturated rings. The third kappa shape index (κ3) is 3.60. The summed E-state index contributed by atoms with van der Waals surface area (Å²) >= 11 is 0. The predicted octanol–water partition coefficient (Wildman–Crippen LogP) is 3.21. The SMILES string of the molecule is CN(C)c1ccc(/C=C/c2ccc(NN)cc2)cc1. The van der Waals surface area contributed by atoms with Gasteiger partial charge in [0.2, 0.25) is 0 Å². The van der Waals surface area contributed by atoms with Crippen molar-refractivity contribution in [3.63, 3.8) is 0 Å². The highest BCUT2D eigenvalue weighted by Gasteiger charge is 1.94. The number of nitrogens with zero attached hydrogens (tertiary/aromatic N) is 1. The first-order valence-corrected chi connectivity index (χ1v) is 6.21. The minimum absolute atomic E-state index is 0.910. The zero-order chi connectivity index (χ0) is 13.7. The van der Waals surface area contributed by atoms with E-state index in [1.54, 1.807) is 0 Å². The third-order valence-electron chi connectivity index (χ3n) is 2.96. The Balaban J connectivity index is 2.08. The van der Waals surface area contributed by atoms with Crippen molar-refractivity contribution in [2.75, 3.05) is 24.4 Å². The molecule has 0 aliphatic carbocycles. The number of nitrogens with one attached hydrogen (secondary N) is 1. The number of hydrogen-bond donors (Lipinski definition) is 2. The summed E-state index contributed by atoms with van der Waals surface area (Å²) < 4.78 is 0. The molecule has 0 radical (unpaired) electrons. The number of rotatable bonds is 4. The molecule has 0 aromatic heterocycles. The fraction of sp³-hybridized carbons (Fsp3) is 0.125. The van der Waals surface area contributed by atoms with Gasteiger partial charge in [0, 0.05) is 25.5 Å². The highest BCUT2D eigenvalue weighted by Crippen LogP contribution is 2.15. The quantitative estimate of drug-likeness (QED) is 0.499. The van der Waals surface area contributed by atoms with Crippen LogP contribution >= 0.6 is 0 Å². The van der Waals surface area contributed by atoms with Gasteiger partial charge >= 0.3 is 0 Å². The molecule has 0 saturated carbocycles. The minimum Gasteiger partial charge on any atom is -0.378 e. The maximum Gasteiger partial charge on any atom is 0.0485 e. The van der Waals surface area contributed by atoms with E-state index in [0.717, 1.165) is 11.3 Å². The smallest absolute Gasteiger partial charge is 0.0485 e. The third-order valence-corrected chi connectivity index (χ3v) is 2.96. The van der Waals surface area contributed by atoms with Gasteiger partial charge in [-0.25, -0.2) is 0 Å². The van der Waals surface area contributed by atoms with Crippen LogP contribution in [0.4, 0.5) is 11.4 Å². The second-order valence-electron chi connectivity index (χ2n) is 4.59. The first-order chi connectivity index (χ1) is 9.19. The molecule has 0 aliphatic heterocycles. The number of anilines is 2. The Hall–Kier alpha value is -2.26. The molecule has 3 nitrogen and oxygen atoms in total. The van der Waals surface area contributed by atoms with Crippen molar-refractivity contribution in [3.8, 4) is 0 Å². The lowest BCUT2D eigenvalue weighted by Crippen LogP contribution is -2.07. The predicted molar refractivity (Wildman–Crippen MR) is 83.9 cm³/mol. The summed E-state index contributed by atoms with van der Waals surface area (Å²) in [6.45, 7) is 0. The van der Waals surface area contributed by atoms with E-state index in [4.69, 9.17) is 5.84 Å². The summed E-state index contributed by atoms with van der Waals surface area (Å²) in [5, 5.41) is 0. The van der Waals surface area contributed by atoms with Crippen LogP contribution in [0.5, 0.6) is 0 Å². The molecule has 0 unspecified atom stereocenters. The van der Waals surface area contributed by atoms with E-state index in [1.807, 2.05) is 38.4 Å². The van der Waals surface area contributed by atoms with E-state index in [2.05, 4.69) is 46.7 Å². The molecular formula is C16H19N3. The van der Waals surface area contributed by atoms with E-state index in [-0.39, 0.29) is 0 Å². The fourth-order valence-electron chi connectivity index (χ4n) is 1.77. The summed E-state index contributed by atoms with van der Waals surface area (Å²) in [5.74, 6) is 5.33. The average Bonchev–Trinajstić information content (AvgIpc) is 2.46. The van der Waals surface area contributed by atoms with Crippen LogP contribution in [0, 0.1) is 0 Å². The maximum atomic E-state index is 5.33. The van der Waals surface area contributed by atoms with Crippen molar-refractivity contribution < 1.29 is 0 Å². The van der Waals surface area contributed by atoms with Gasteiger partial charge in [-0.3, -0.25) is 5.84 Å². The van der Waals surface area contributed by atoms with Gasteiger partial charge < -0.3 is 10.3 Å². The van der Waals surface area contributed by atoms with Crippen LogP contribution < -0.4 is 16.2 Å². The van der Waals surface area contributed by atoms with Crippen molar-refractivity contribution in [2.24, 2.45) is 5.84 Å². The Morgan fingerprint density at radius 2 is 1.32 bits per heavy atom. The topological polar surface area (TPSA) is 41.3 Å². The number of hydrazine groups is 1. The summed E-state index contributed by atoms with van der Waals surface area (Å²) in [7, 11) is 4.08. The average molecular weight is 253 g/mol. The second kappa shape index (κ2) is 6.07. The van der Waals surface area contributed by atoms with Crippen LogP contribution in [0.1, 0.15) is 11.1 Å². The summed E-state index contributed by atoms with van der Waals surface area (Å²) in [6, 6.07) is 16.4. The van der Waals surface area contributed by atoms with Gasteiger partial charge in [-0.1, -0.05) is 36.4 Å². The largest absolute Gasteiger partial charge is 0.378 e. The van der Waals surface area contributed by atoms with Crippen molar-refractivity contribution >= 4 is 23.5 Å². The van der Waals surface area contributed by atoms with E-state index < -0.39 is 0 Å². The molecule has 19 heavy (non-hydrogen) atoms. The van der Waals surface area contributed by atoms with Crippen molar-refractivity contribution in [2.45, 2.75) is 0 Å². The highest BCUT2D eigenvalue weighted by atomic mass is 15.2. The molecule has 0 amide bonds. The first kappa shape index (κ1) is 13.2. The van der Waals surface area contributed by atoms with Gasteiger partial charge in [-0.05, 0) is 35.4 Å². The van der Waals surface area contributed by atoms with E-state index in [0.29, 0.717) is 0 Å². The lowest BCUT2D eigenvalue weighted by atomic mass is 10.1. The zero-order valence-electron chi connectivity index (χ0n) is 11.3. The van der Waals surface area contributed by atoms with Crippen LogP contribution in [-0.2, 0) is 0 Å². The Kier molecular flexibility index (Phi) is 4.21. The van der Waals surface area contributed by atoms with Gasteiger partial charge in [-0.2, -0.15) is 0 Å². The summed E-state index contributed by atoms with van der Waals surface area (Å²) in [5.41, 5.74) is 7.07. The van der Waals surface area contributed by atoms with E-state index >= 15 is 0 Å². The number of hydrogen-bond acceptors (Lipinski definition) is 3. The van der Waals surface area contributed by atoms with Gasteiger partial charge in [0.25, 0.3) is 0 Å². The number of benzene rings is 2. The van der Waals surface area contributed by atoms with Crippen LogP contribution in [0.15, 0.2) is 48.5 Å². The monoisotopic (exact) mass is 253 g/mol. The van der Waals surface area contributed by atoms with Crippen LogP contribution in [0.25, 0.3) is 12.2 Å². The molecule has 2 aromatic carbocycles. The Morgan fingerprint density at radius 1 is 0.842 bits per heavy atom. The van der Waals surface area contributed by atoms with Crippen molar-refractivity contribution in [1.82, 2.24) is 0 Å². The highest BCUT2D eigenvalue weighted by molar-refractivity contribution is 5.71. The molecule has 0 saturated heterocycles. The fourth-order valence-corrected chi connectivity index (χ4v) is 1.77. The van der Waals surface area contributed by atoms with Crippen LogP contribution in [-0.4, -0.2) is 14.1 Å². The molecule has 3 heteroatoms. The second-order valence-corrected chi connectivity index (χ2v) is 4.59. The summed E-state index contributed by atoms with van der Waals surface area (Å²) in [6.07, 6.45) is 4.19. The molecule has 0 aliphatic rings. The van der Waals surface area contributed by atoms with Gasteiger partial charge in [0.1, 0.15) is 0 Å². The lowest BCUT2D eigenvalue weighted by molar-refractivity contribution is 1.13. The molecule has 0 atom stereocenters. The molecule has 0 bridgehead atoms. The number of nitrogens with two attached hydrogens (primary N) is 1. The molecule has 0 heterocycles. The molecule has 2 rings (SSSR count). The Labute approximate surface area is 114 Å². The van der Waals surface area contributed by atoms with Crippen molar-refractivity contribution in [3.05, 3.63) is 59.7 Å². The molecule has 0 spiro atoms. The molecule has 98 valence electrons.